The smallest absolute Gasteiger partial charge is 0.320 e. The van der Waals surface area contributed by atoms with Gasteiger partial charge in [0.2, 0.25) is 0 Å². The number of hydrogen-bond acceptors (Lipinski definition) is 6. The maximum atomic E-state index is 9.99. The van der Waals surface area contributed by atoms with Crippen molar-refractivity contribution in [3.05, 3.63) is 0 Å². The minimum atomic E-state index is -1.17. The highest BCUT2D eigenvalue weighted by atomic mass is 16.4. The maximum Gasteiger partial charge on any atom is 0.320 e. The molecule has 0 spiro atoms. The molecule has 106 valence electrons. The Hall–Kier alpha value is -1.71. The molecule has 0 heterocycles. The molecule has 9 heteroatoms. The number of rotatable bonds is 7. The van der Waals surface area contributed by atoms with Crippen LogP contribution in [0.1, 0.15) is 19.3 Å². The summed E-state index contributed by atoms with van der Waals surface area (Å²) in [5.74, 6) is -3.19. The summed E-state index contributed by atoms with van der Waals surface area (Å²) in [6.45, 7) is 0.327. The number of carboxylic acids is 3. The van der Waals surface area contributed by atoms with E-state index in [0.717, 1.165) is 0 Å². The summed E-state index contributed by atoms with van der Waals surface area (Å²) in [6.07, 6.45) is 0.119. The Kier molecular flexibility index (Phi) is 10.8. The van der Waals surface area contributed by atoms with Crippen LogP contribution in [0.4, 0.5) is 0 Å². The lowest BCUT2D eigenvalue weighted by molar-refractivity contribution is -0.140. The second kappa shape index (κ2) is 10.4. The molecule has 0 fully saturated rings. The van der Waals surface area contributed by atoms with E-state index in [1.54, 1.807) is 0 Å². The molecule has 0 saturated carbocycles. The molecule has 0 aliphatic rings. The SMILES string of the molecule is NCCC(N)C(=O)O.N[C@@H](CCC(=O)O)C(=O)O. The van der Waals surface area contributed by atoms with Gasteiger partial charge in [0.1, 0.15) is 12.1 Å². The Labute approximate surface area is 104 Å². The lowest BCUT2D eigenvalue weighted by Gasteiger charge is -2.01. The van der Waals surface area contributed by atoms with Crippen LogP contribution < -0.4 is 17.2 Å². The Morgan fingerprint density at radius 2 is 1.28 bits per heavy atom. The molecule has 0 aliphatic heterocycles. The van der Waals surface area contributed by atoms with E-state index in [4.69, 9.17) is 32.5 Å². The fraction of sp³-hybridized carbons (Fsp3) is 0.667. The van der Waals surface area contributed by atoms with Gasteiger partial charge in [-0.1, -0.05) is 0 Å². The standard InChI is InChI=1S/C5H9NO4.C4H10N2O2/c6-3(5(9)10)1-2-4(7)8;5-2-1-3(6)4(7)8/h3H,1-2,6H2,(H,7,8)(H,9,10);3H,1-2,5-6H2,(H,7,8)/t3-;/m0./s1. The van der Waals surface area contributed by atoms with E-state index in [9.17, 15) is 14.4 Å². The van der Waals surface area contributed by atoms with Crippen molar-refractivity contribution >= 4 is 17.9 Å². The molecule has 0 saturated heterocycles. The van der Waals surface area contributed by atoms with Gasteiger partial charge in [-0.3, -0.25) is 14.4 Å². The van der Waals surface area contributed by atoms with Crippen LogP contribution in [-0.4, -0.2) is 51.9 Å². The van der Waals surface area contributed by atoms with Gasteiger partial charge in [-0.15, -0.1) is 0 Å². The highest BCUT2D eigenvalue weighted by Gasteiger charge is 2.12. The van der Waals surface area contributed by atoms with Gasteiger partial charge >= 0.3 is 17.9 Å². The Morgan fingerprint density at radius 1 is 0.889 bits per heavy atom. The molecule has 9 N–H and O–H groups in total. The molecule has 0 amide bonds. The number of hydrogen-bond donors (Lipinski definition) is 6. The predicted octanol–water partition coefficient (Wildman–Crippen LogP) is -1.99. The van der Waals surface area contributed by atoms with Gasteiger partial charge in [-0.2, -0.15) is 0 Å². The Balaban J connectivity index is 0. The second-order valence-corrected chi connectivity index (χ2v) is 3.40. The number of carboxylic acid groups (broad SMARTS) is 3. The molecule has 2 atom stereocenters. The highest BCUT2D eigenvalue weighted by molar-refractivity contribution is 5.74. The van der Waals surface area contributed by atoms with Crippen LogP contribution in [-0.2, 0) is 14.4 Å². The summed E-state index contributed by atoms with van der Waals surface area (Å²) in [4.78, 5) is 29.8. The highest BCUT2D eigenvalue weighted by Crippen LogP contribution is 1.93. The molecule has 0 rings (SSSR count). The topological polar surface area (TPSA) is 190 Å². The average Bonchev–Trinajstić information content (AvgIpc) is 2.26. The van der Waals surface area contributed by atoms with Crippen molar-refractivity contribution in [2.24, 2.45) is 17.2 Å². The van der Waals surface area contributed by atoms with Crippen LogP contribution in [0.3, 0.4) is 0 Å². The number of nitrogens with two attached hydrogens (primary N) is 3. The van der Waals surface area contributed by atoms with Gasteiger partial charge in [0, 0.05) is 6.42 Å². The summed E-state index contributed by atoms with van der Waals surface area (Å²) in [6, 6.07) is -1.85. The Morgan fingerprint density at radius 3 is 1.50 bits per heavy atom. The molecule has 18 heavy (non-hydrogen) atoms. The van der Waals surface area contributed by atoms with E-state index in [1.807, 2.05) is 0 Å². The molecular weight excluding hydrogens is 246 g/mol. The van der Waals surface area contributed by atoms with Gasteiger partial charge in [-0.05, 0) is 19.4 Å². The third kappa shape index (κ3) is 12.4. The zero-order valence-corrected chi connectivity index (χ0v) is 9.78. The summed E-state index contributed by atoms with van der Waals surface area (Å²) >= 11 is 0. The summed E-state index contributed by atoms with van der Waals surface area (Å²) < 4.78 is 0. The van der Waals surface area contributed by atoms with Crippen LogP contribution >= 0.6 is 0 Å². The van der Waals surface area contributed by atoms with E-state index < -0.39 is 30.0 Å². The van der Waals surface area contributed by atoms with Crippen molar-refractivity contribution in [2.45, 2.75) is 31.3 Å². The first-order valence-electron chi connectivity index (χ1n) is 5.11. The van der Waals surface area contributed by atoms with Crippen LogP contribution in [0.25, 0.3) is 0 Å². The van der Waals surface area contributed by atoms with Crippen molar-refractivity contribution in [3.63, 3.8) is 0 Å². The van der Waals surface area contributed by atoms with Crippen molar-refractivity contribution in [2.75, 3.05) is 6.54 Å². The Bertz CT molecular complexity index is 283. The van der Waals surface area contributed by atoms with Crippen molar-refractivity contribution in [1.29, 1.82) is 0 Å². The fourth-order valence-corrected chi connectivity index (χ4v) is 0.705. The van der Waals surface area contributed by atoms with Gasteiger partial charge in [0.25, 0.3) is 0 Å². The molecule has 9 nitrogen and oxygen atoms in total. The lowest BCUT2D eigenvalue weighted by Crippen LogP contribution is -2.32. The summed E-state index contributed by atoms with van der Waals surface area (Å²) in [5.41, 5.74) is 15.1. The van der Waals surface area contributed by atoms with Gasteiger partial charge in [-0.25, -0.2) is 0 Å². The van der Waals surface area contributed by atoms with E-state index in [2.05, 4.69) is 0 Å². The normalized spacial score (nSPS) is 12.8. The molecule has 0 bridgehead atoms. The minimum absolute atomic E-state index is 0.0231. The maximum absolute atomic E-state index is 9.99. The molecule has 0 aromatic rings. The first-order chi connectivity index (χ1) is 8.22. The van der Waals surface area contributed by atoms with E-state index in [-0.39, 0.29) is 12.8 Å². The van der Waals surface area contributed by atoms with Gasteiger partial charge in [0.05, 0.1) is 0 Å². The van der Waals surface area contributed by atoms with Crippen LogP contribution in [0.5, 0.6) is 0 Å². The predicted molar refractivity (Wildman–Crippen MR) is 61.8 cm³/mol. The number of carbonyl (C=O) groups is 3. The van der Waals surface area contributed by atoms with Crippen LogP contribution in [0.2, 0.25) is 0 Å². The molecule has 0 aromatic carbocycles. The molecule has 0 aliphatic carbocycles. The van der Waals surface area contributed by atoms with Crippen LogP contribution in [0, 0.1) is 0 Å². The summed E-state index contributed by atoms with van der Waals surface area (Å²) in [7, 11) is 0. The van der Waals surface area contributed by atoms with Crippen LogP contribution in [0.15, 0.2) is 0 Å². The van der Waals surface area contributed by atoms with E-state index in [1.165, 1.54) is 0 Å². The number of aliphatic carboxylic acids is 3. The minimum Gasteiger partial charge on any atom is -0.481 e. The first kappa shape index (κ1) is 18.6. The van der Waals surface area contributed by atoms with Crippen molar-refractivity contribution in [3.8, 4) is 0 Å². The third-order valence-electron chi connectivity index (χ3n) is 1.78. The fourth-order valence-electron chi connectivity index (χ4n) is 0.705. The van der Waals surface area contributed by atoms with E-state index >= 15 is 0 Å². The molecule has 1 unspecified atom stereocenters. The van der Waals surface area contributed by atoms with Crippen molar-refractivity contribution in [1.82, 2.24) is 0 Å². The van der Waals surface area contributed by atoms with Gasteiger partial charge < -0.3 is 32.5 Å². The summed E-state index contributed by atoms with van der Waals surface area (Å²) in [5, 5.41) is 24.4. The van der Waals surface area contributed by atoms with Gasteiger partial charge in [0.15, 0.2) is 0 Å². The third-order valence-corrected chi connectivity index (χ3v) is 1.78. The zero-order chi connectivity index (χ0) is 14.7. The largest absolute Gasteiger partial charge is 0.481 e. The molecule has 0 aromatic heterocycles. The van der Waals surface area contributed by atoms with E-state index in [0.29, 0.717) is 13.0 Å². The van der Waals surface area contributed by atoms with Crippen molar-refractivity contribution < 1.29 is 29.7 Å². The average molecular weight is 265 g/mol. The molecule has 0 radical (unpaired) electrons. The second-order valence-electron chi connectivity index (χ2n) is 3.40. The zero-order valence-electron chi connectivity index (χ0n) is 9.78. The first-order valence-corrected chi connectivity index (χ1v) is 5.11. The lowest BCUT2D eigenvalue weighted by atomic mass is 10.2. The quantitative estimate of drug-likeness (QED) is 0.302. The molecular formula is C9H19N3O6. The monoisotopic (exact) mass is 265 g/mol.